The lowest BCUT2D eigenvalue weighted by atomic mass is 9.96. The molecule has 0 aliphatic rings. The number of aromatic nitrogens is 3. The molecule has 1 aromatic heterocycles. The average Bonchev–Trinajstić information content (AvgIpc) is 3.10. The summed E-state index contributed by atoms with van der Waals surface area (Å²) in [6.45, 7) is 0. The van der Waals surface area contributed by atoms with Crippen molar-refractivity contribution in [3.63, 3.8) is 0 Å². The average molecular weight is 330 g/mol. The van der Waals surface area contributed by atoms with Crippen LogP contribution in [-0.2, 0) is 0 Å². The van der Waals surface area contributed by atoms with Crippen LogP contribution in [0.15, 0.2) is 66.7 Å². The molecular formula is C19H14N4O2. The highest BCUT2D eigenvalue weighted by Crippen LogP contribution is 2.37. The van der Waals surface area contributed by atoms with Gasteiger partial charge in [-0.25, -0.2) is 0 Å². The van der Waals surface area contributed by atoms with Crippen molar-refractivity contribution in [2.45, 2.75) is 0 Å². The molecule has 122 valence electrons. The summed E-state index contributed by atoms with van der Waals surface area (Å²) in [6, 6.07) is 19.9. The quantitative estimate of drug-likeness (QED) is 0.535. The van der Waals surface area contributed by atoms with Gasteiger partial charge in [-0.3, -0.25) is 4.79 Å². The first kappa shape index (κ1) is 14.9. The molecule has 1 heterocycles. The minimum Gasteiger partial charge on any atom is -0.507 e. The Morgan fingerprint density at radius 2 is 1.64 bits per heavy atom. The van der Waals surface area contributed by atoms with Crippen LogP contribution in [0.2, 0.25) is 0 Å². The maximum absolute atomic E-state index is 13.0. The van der Waals surface area contributed by atoms with E-state index in [1.807, 2.05) is 48.5 Å². The maximum atomic E-state index is 13.0. The monoisotopic (exact) mass is 330 g/mol. The van der Waals surface area contributed by atoms with Gasteiger partial charge in [-0.05, 0) is 17.7 Å². The highest BCUT2D eigenvalue weighted by atomic mass is 16.3. The Morgan fingerprint density at radius 3 is 2.36 bits per heavy atom. The summed E-state index contributed by atoms with van der Waals surface area (Å²) < 4.78 is 0. The number of carbonyl (C=O) groups excluding carboxylic acids is 1. The number of para-hydroxylation sites is 1. The van der Waals surface area contributed by atoms with E-state index >= 15 is 0 Å². The van der Waals surface area contributed by atoms with E-state index < -0.39 is 0 Å². The third-order valence-corrected chi connectivity index (χ3v) is 3.91. The molecular weight excluding hydrogens is 316 g/mol. The van der Waals surface area contributed by atoms with Gasteiger partial charge in [0.2, 0.25) is 0 Å². The van der Waals surface area contributed by atoms with Crippen LogP contribution in [0, 0.1) is 0 Å². The molecule has 0 aliphatic heterocycles. The topological polar surface area (TPSA) is 90.9 Å². The highest BCUT2D eigenvalue weighted by Gasteiger charge is 2.23. The molecule has 25 heavy (non-hydrogen) atoms. The molecule has 0 saturated carbocycles. The van der Waals surface area contributed by atoms with Crippen molar-refractivity contribution in [2.75, 3.05) is 5.32 Å². The summed E-state index contributed by atoms with van der Waals surface area (Å²) in [4.78, 5) is 13.0. The second kappa shape index (κ2) is 6.09. The SMILES string of the molecule is O=C(Nc1ccccc1)c1c(-c2ccccc2)c(O)cc2n[nH]nc12. The van der Waals surface area contributed by atoms with Crippen molar-refractivity contribution in [3.8, 4) is 16.9 Å². The number of aromatic amines is 1. The van der Waals surface area contributed by atoms with Crippen molar-refractivity contribution in [1.82, 2.24) is 15.4 Å². The standard InChI is InChI=1S/C19H14N4O2/c24-15-11-14-18(22-23-21-14)17(16(15)12-7-3-1-4-8-12)19(25)20-13-9-5-2-6-10-13/h1-11,24H,(H,20,25)(H,21,22,23). The van der Waals surface area contributed by atoms with Crippen LogP contribution in [0.4, 0.5) is 5.69 Å². The molecule has 3 N–H and O–H groups in total. The van der Waals surface area contributed by atoms with E-state index in [9.17, 15) is 9.90 Å². The lowest BCUT2D eigenvalue weighted by Gasteiger charge is -2.12. The lowest BCUT2D eigenvalue weighted by Crippen LogP contribution is -2.14. The van der Waals surface area contributed by atoms with Crippen LogP contribution in [0.5, 0.6) is 5.75 Å². The van der Waals surface area contributed by atoms with Gasteiger partial charge < -0.3 is 10.4 Å². The predicted molar refractivity (Wildman–Crippen MR) is 95.4 cm³/mol. The van der Waals surface area contributed by atoms with E-state index in [4.69, 9.17) is 0 Å². The Kier molecular flexibility index (Phi) is 3.63. The summed E-state index contributed by atoms with van der Waals surface area (Å²) in [6.07, 6.45) is 0. The number of nitrogens with one attached hydrogen (secondary N) is 2. The second-order valence-corrected chi connectivity index (χ2v) is 5.52. The molecule has 0 fully saturated rings. The van der Waals surface area contributed by atoms with E-state index in [-0.39, 0.29) is 17.2 Å². The zero-order chi connectivity index (χ0) is 17.2. The highest BCUT2D eigenvalue weighted by molar-refractivity contribution is 6.17. The van der Waals surface area contributed by atoms with Crippen molar-refractivity contribution < 1.29 is 9.90 Å². The molecule has 0 unspecified atom stereocenters. The van der Waals surface area contributed by atoms with Gasteiger partial charge >= 0.3 is 0 Å². The Bertz CT molecular complexity index is 1040. The molecule has 0 bridgehead atoms. The summed E-state index contributed by atoms with van der Waals surface area (Å²) in [7, 11) is 0. The first-order valence-corrected chi connectivity index (χ1v) is 7.72. The molecule has 3 aromatic carbocycles. The van der Waals surface area contributed by atoms with Gasteiger partial charge in [-0.15, -0.1) is 0 Å². The Hall–Kier alpha value is -3.67. The number of nitrogens with zero attached hydrogens (tertiary/aromatic N) is 2. The Labute approximate surface area is 143 Å². The number of benzene rings is 3. The van der Waals surface area contributed by atoms with E-state index in [0.29, 0.717) is 22.3 Å². The Morgan fingerprint density at radius 1 is 0.960 bits per heavy atom. The summed E-state index contributed by atoms with van der Waals surface area (Å²) in [5.74, 6) is -0.384. The third kappa shape index (κ3) is 2.70. The molecule has 0 aliphatic carbocycles. The van der Waals surface area contributed by atoms with Crippen molar-refractivity contribution in [2.24, 2.45) is 0 Å². The van der Waals surface area contributed by atoms with Crippen molar-refractivity contribution >= 4 is 22.6 Å². The third-order valence-electron chi connectivity index (χ3n) is 3.91. The maximum Gasteiger partial charge on any atom is 0.258 e. The number of fused-ring (bicyclic) bond motifs is 1. The zero-order valence-electron chi connectivity index (χ0n) is 13.1. The number of rotatable bonds is 3. The first-order valence-electron chi connectivity index (χ1n) is 7.72. The number of amides is 1. The lowest BCUT2D eigenvalue weighted by molar-refractivity contribution is 0.102. The van der Waals surface area contributed by atoms with Crippen molar-refractivity contribution in [1.29, 1.82) is 0 Å². The molecule has 0 radical (unpaired) electrons. The molecule has 0 saturated heterocycles. The number of hydrogen-bond acceptors (Lipinski definition) is 4. The molecule has 0 atom stereocenters. The first-order chi connectivity index (χ1) is 12.2. The van der Waals surface area contributed by atoms with E-state index in [0.717, 1.165) is 5.56 Å². The van der Waals surface area contributed by atoms with Crippen LogP contribution in [0.25, 0.3) is 22.2 Å². The van der Waals surface area contributed by atoms with Crippen molar-refractivity contribution in [3.05, 3.63) is 72.3 Å². The fourth-order valence-corrected chi connectivity index (χ4v) is 2.81. The van der Waals surface area contributed by atoms with Gasteiger partial charge in [0, 0.05) is 17.3 Å². The van der Waals surface area contributed by atoms with Gasteiger partial charge in [0.1, 0.15) is 16.8 Å². The fourth-order valence-electron chi connectivity index (χ4n) is 2.81. The number of hydrogen-bond donors (Lipinski definition) is 3. The Balaban J connectivity index is 1.91. The normalized spacial score (nSPS) is 10.7. The van der Waals surface area contributed by atoms with Crippen LogP contribution in [-0.4, -0.2) is 26.4 Å². The van der Waals surface area contributed by atoms with E-state index in [2.05, 4.69) is 20.7 Å². The van der Waals surface area contributed by atoms with Crippen LogP contribution < -0.4 is 5.32 Å². The largest absolute Gasteiger partial charge is 0.507 e. The minimum absolute atomic E-state index is 0.0224. The zero-order valence-corrected chi connectivity index (χ0v) is 13.1. The molecule has 4 aromatic rings. The van der Waals surface area contributed by atoms with Crippen LogP contribution >= 0.6 is 0 Å². The van der Waals surface area contributed by atoms with Gasteiger partial charge in [0.15, 0.2) is 0 Å². The summed E-state index contributed by atoms with van der Waals surface area (Å²) in [5.41, 5.74) is 2.92. The predicted octanol–water partition coefficient (Wildman–Crippen LogP) is 3.58. The number of anilines is 1. The van der Waals surface area contributed by atoms with Gasteiger partial charge in [-0.1, -0.05) is 48.5 Å². The molecule has 0 spiro atoms. The smallest absolute Gasteiger partial charge is 0.258 e. The van der Waals surface area contributed by atoms with Gasteiger partial charge in [0.05, 0.1) is 5.56 Å². The summed E-state index contributed by atoms with van der Waals surface area (Å²) >= 11 is 0. The number of carbonyl (C=O) groups is 1. The number of H-pyrrole nitrogens is 1. The fraction of sp³-hybridized carbons (Fsp3) is 0. The van der Waals surface area contributed by atoms with Gasteiger partial charge in [0.25, 0.3) is 5.91 Å². The molecule has 6 nitrogen and oxygen atoms in total. The number of phenolic OH excluding ortho intramolecular Hbond substituents is 1. The van der Waals surface area contributed by atoms with Gasteiger partial charge in [-0.2, -0.15) is 15.4 Å². The number of phenols is 1. The molecule has 4 rings (SSSR count). The summed E-state index contributed by atoms with van der Waals surface area (Å²) in [5, 5.41) is 24.0. The van der Waals surface area contributed by atoms with Crippen LogP contribution in [0.1, 0.15) is 10.4 Å². The molecule has 6 heteroatoms. The molecule has 1 amide bonds. The second-order valence-electron chi connectivity index (χ2n) is 5.52. The van der Waals surface area contributed by atoms with E-state index in [1.54, 1.807) is 12.1 Å². The minimum atomic E-state index is -0.361. The van der Waals surface area contributed by atoms with E-state index in [1.165, 1.54) is 6.07 Å². The number of aromatic hydroxyl groups is 1. The van der Waals surface area contributed by atoms with Crippen LogP contribution in [0.3, 0.4) is 0 Å².